The number of rotatable bonds is 5. The van der Waals surface area contributed by atoms with E-state index in [2.05, 4.69) is 46.5 Å². The summed E-state index contributed by atoms with van der Waals surface area (Å²) >= 11 is 0. The topological polar surface area (TPSA) is 33.1 Å². The van der Waals surface area contributed by atoms with Crippen LogP contribution in [0.1, 0.15) is 26.2 Å². The van der Waals surface area contributed by atoms with E-state index in [1.807, 2.05) is 23.1 Å². The van der Waals surface area contributed by atoms with Crippen molar-refractivity contribution in [1.82, 2.24) is 14.7 Å². The Morgan fingerprint density at radius 1 is 1.24 bits per heavy atom. The molecule has 4 heteroatoms. The lowest BCUT2D eigenvalue weighted by molar-refractivity contribution is 0.219. The van der Waals surface area contributed by atoms with E-state index < -0.39 is 0 Å². The standard InChI is InChI=1S/C17H24N4/c1-2-10-20-12-7-15(8-13-20)19-16-5-3-6-17(14-16)21-11-4-9-18-21/h3-6,9,11,14-15,19H,2,7-8,10,12-13H2,1H3. The van der Waals surface area contributed by atoms with Gasteiger partial charge in [0.15, 0.2) is 0 Å². The second kappa shape index (κ2) is 6.76. The number of anilines is 1. The third kappa shape index (κ3) is 3.64. The average molecular weight is 284 g/mol. The summed E-state index contributed by atoms with van der Waals surface area (Å²) in [6.45, 7) is 5.92. The summed E-state index contributed by atoms with van der Waals surface area (Å²) < 4.78 is 1.90. The molecule has 0 aliphatic carbocycles. The average Bonchev–Trinajstić information content (AvgIpc) is 3.04. The van der Waals surface area contributed by atoms with Gasteiger partial charge in [-0.2, -0.15) is 5.10 Å². The number of aromatic nitrogens is 2. The van der Waals surface area contributed by atoms with Gasteiger partial charge in [-0.05, 0) is 50.1 Å². The maximum atomic E-state index is 4.29. The van der Waals surface area contributed by atoms with E-state index in [1.54, 1.807) is 0 Å². The van der Waals surface area contributed by atoms with Crippen molar-refractivity contribution in [2.75, 3.05) is 25.0 Å². The van der Waals surface area contributed by atoms with Crippen LogP contribution in [-0.2, 0) is 0 Å². The zero-order chi connectivity index (χ0) is 14.5. The Morgan fingerprint density at radius 3 is 2.81 bits per heavy atom. The number of hydrogen-bond acceptors (Lipinski definition) is 3. The van der Waals surface area contributed by atoms with Crippen LogP contribution in [0.15, 0.2) is 42.7 Å². The molecule has 1 aromatic carbocycles. The summed E-state index contributed by atoms with van der Waals surface area (Å²) in [5, 5.41) is 7.97. The van der Waals surface area contributed by atoms with Gasteiger partial charge in [-0.25, -0.2) is 4.68 Å². The molecule has 0 radical (unpaired) electrons. The maximum Gasteiger partial charge on any atom is 0.0666 e. The molecule has 1 aliphatic rings. The smallest absolute Gasteiger partial charge is 0.0666 e. The minimum Gasteiger partial charge on any atom is -0.382 e. The van der Waals surface area contributed by atoms with Gasteiger partial charge in [0.05, 0.1) is 5.69 Å². The van der Waals surface area contributed by atoms with Crippen LogP contribution in [0.25, 0.3) is 5.69 Å². The van der Waals surface area contributed by atoms with Gasteiger partial charge < -0.3 is 10.2 Å². The summed E-state index contributed by atoms with van der Waals surface area (Å²) in [6, 6.07) is 11.0. The summed E-state index contributed by atoms with van der Waals surface area (Å²) in [5.41, 5.74) is 2.30. The molecular weight excluding hydrogens is 260 g/mol. The van der Waals surface area contributed by atoms with E-state index in [9.17, 15) is 0 Å². The van der Waals surface area contributed by atoms with Crippen LogP contribution in [-0.4, -0.2) is 40.4 Å². The van der Waals surface area contributed by atoms with Gasteiger partial charge in [0.2, 0.25) is 0 Å². The lowest BCUT2D eigenvalue weighted by Gasteiger charge is -2.32. The largest absolute Gasteiger partial charge is 0.382 e. The molecule has 2 heterocycles. The first-order valence-corrected chi connectivity index (χ1v) is 7.94. The number of benzene rings is 1. The van der Waals surface area contributed by atoms with Crippen LogP contribution in [0, 0.1) is 0 Å². The Bertz CT molecular complexity index is 542. The Kier molecular flexibility index (Phi) is 4.55. The summed E-state index contributed by atoms with van der Waals surface area (Å²) in [5.74, 6) is 0. The van der Waals surface area contributed by atoms with Crippen molar-refractivity contribution in [3.05, 3.63) is 42.7 Å². The number of nitrogens with zero attached hydrogens (tertiary/aromatic N) is 3. The maximum absolute atomic E-state index is 4.29. The van der Waals surface area contributed by atoms with Crippen LogP contribution >= 0.6 is 0 Å². The normalized spacial score (nSPS) is 17.0. The van der Waals surface area contributed by atoms with Crippen LogP contribution in [0.4, 0.5) is 5.69 Å². The van der Waals surface area contributed by atoms with Crippen molar-refractivity contribution in [2.45, 2.75) is 32.2 Å². The van der Waals surface area contributed by atoms with Gasteiger partial charge in [-0.1, -0.05) is 13.0 Å². The van der Waals surface area contributed by atoms with Crippen molar-refractivity contribution in [3.8, 4) is 5.69 Å². The molecule has 0 atom stereocenters. The van der Waals surface area contributed by atoms with Crippen molar-refractivity contribution >= 4 is 5.69 Å². The van der Waals surface area contributed by atoms with Gasteiger partial charge >= 0.3 is 0 Å². The third-order valence-corrected chi connectivity index (χ3v) is 4.11. The van der Waals surface area contributed by atoms with Crippen molar-refractivity contribution < 1.29 is 0 Å². The molecule has 0 spiro atoms. The highest BCUT2D eigenvalue weighted by atomic mass is 15.3. The molecule has 1 N–H and O–H groups in total. The number of hydrogen-bond donors (Lipinski definition) is 1. The monoisotopic (exact) mass is 284 g/mol. The van der Waals surface area contributed by atoms with E-state index >= 15 is 0 Å². The molecule has 1 fully saturated rings. The van der Waals surface area contributed by atoms with Crippen molar-refractivity contribution in [1.29, 1.82) is 0 Å². The highest BCUT2D eigenvalue weighted by molar-refractivity contribution is 5.51. The van der Waals surface area contributed by atoms with Crippen LogP contribution in [0.5, 0.6) is 0 Å². The molecule has 4 nitrogen and oxygen atoms in total. The van der Waals surface area contributed by atoms with E-state index in [-0.39, 0.29) is 0 Å². The fraction of sp³-hybridized carbons (Fsp3) is 0.471. The van der Waals surface area contributed by atoms with Gasteiger partial charge in [0, 0.05) is 37.2 Å². The van der Waals surface area contributed by atoms with Gasteiger partial charge in [-0.3, -0.25) is 0 Å². The van der Waals surface area contributed by atoms with Crippen molar-refractivity contribution in [3.63, 3.8) is 0 Å². The molecule has 0 amide bonds. The van der Waals surface area contributed by atoms with Gasteiger partial charge in [0.1, 0.15) is 0 Å². The van der Waals surface area contributed by atoms with E-state index in [0.29, 0.717) is 6.04 Å². The number of piperidine rings is 1. The second-order valence-electron chi connectivity index (χ2n) is 5.76. The molecule has 0 unspecified atom stereocenters. The first-order chi connectivity index (χ1) is 10.3. The fourth-order valence-electron chi connectivity index (χ4n) is 3.01. The minimum absolute atomic E-state index is 0.589. The summed E-state index contributed by atoms with van der Waals surface area (Å²) in [6.07, 6.45) is 7.49. The molecule has 112 valence electrons. The SMILES string of the molecule is CCCN1CCC(Nc2cccc(-n3cccn3)c2)CC1. The zero-order valence-electron chi connectivity index (χ0n) is 12.7. The van der Waals surface area contributed by atoms with E-state index in [1.165, 1.54) is 44.6 Å². The minimum atomic E-state index is 0.589. The zero-order valence-corrected chi connectivity index (χ0v) is 12.7. The second-order valence-corrected chi connectivity index (χ2v) is 5.76. The first-order valence-electron chi connectivity index (χ1n) is 7.94. The van der Waals surface area contributed by atoms with Crippen LogP contribution < -0.4 is 5.32 Å². The molecule has 21 heavy (non-hydrogen) atoms. The molecule has 1 aromatic heterocycles. The highest BCUT2D eigenvalue weighted by Crippen LogP contribution is 2.19. The lowest BCUT2D eigenvalue weighted by Crippen LogP contribution is -2.39. The first kappa shape index (κ1) is 14.1. The molecular formula is C17H24N4. The predicted octanol–water partition coefficient (Wildman–Crippen LogP) is 3.16. The molecule has 0 bridgehead atoms. The van der Waals surface area contributed by atoms with Crippen LogP contribution in [0.3, 0.4) is 0 Å². The Morgan fingerprint density at radius 2 is 2.10 bits per heavy atom. The van der Waals surface area contributed by atoms with Gasteiger partial charge in [-0.15, -0.1) is 0 Å². The summed E-state index contributed by atoms with van der Waals surface area (Å²) in [4.78, 5) is 2.57. The van der Waals surface area contributed by atoms with Crippen LogP contribution in [0.2, 0.25) is 0 Å². The fourth-order valence-corrected chi connectivity index (χ4v) is 3.01. The molecule has 3 rings (SSSR count). The van der Waals surface area contributed by atoms with Crippen molar-refractivity contribution in [2.24, 2.45) is 0 Å². The molecule has 1 saturated heterocycles. The molecule has 1 aliphatic heterocycles. The van der Waals surface area contributed by atoms with E-state index in [4.69, 9.17) is 0 Å². The lowest BCUT2D eigenvalue weighted by atomic mass is 10.0. The molecule has 2 aromatic rings. The Labute approximate surface area is 126 Å². The quantitative estimate of drug-likeness (QED) is 0.915. The predicted molar refractivity (Wildman–Crippen MR) is 86.9 cm³/mol. The highest BCUT2D eigenvalue weighted by Gasteiger charge is 2.18. The number of likely N-dealkylation sites (tertiary alicyclic amines) is 1. The Hall–Kier alpha value is -1.81. The number of nitrogens with one attached hydrogen (secondary N) is 1. The third-order valence-electron chi connectivity index (χ3n) is 4.11. The van der Waals surface area contributed by atoms with Gasteiger partial charge in [0.25, 0.3) is 0 Å². The summed E-state index contributed by atoms with van der Waals surface area (Å²) in [7, 11) is 0. The molecule has 0 saturated carbocycles. The Balaban J connectivity index is 1.60. The van der Waals surface area contributed by atoms with E-state index in [0.717, 1.165) is 5.69 Å².